The van der Waals surface area contributed by atoms with Gasteiger partial charge in [-0.3, -0.25) is 4.98 Å². The number of aliphatic carboxylic acids is 1. The summed E-state index contributed by atoms with van der Waals surface area (Å²) in [5.74, 6) is -0.975. The van der Waals surface area contributed by atoms with Crippen LogP contribution < -0.4 is 0 Å². The van der Waals surface area contributed by atoms with E-state index < -0.39 is 5.97 Å². The zero-order valence-corrected chi connectivity index (χ0v) is 9.94. The largest absolute Gasteiger partial charge is 0.478 e. The zero-order chi connectivity index (χ0) is 12.3. The number of carboxylic acid groups (broad SMARTS) is 1. The first-order valence-corrected chi connectivity index (χ1v) is 5.78. The molecule has 0 atom stereocenters. The lowest BCUT2D eigenvalue weighted by Crippen LogP contribution is -1.86. The van der Waals surface area contributed by atoms with Crippen LogP contribution in [-0.4, -0.2) is 21.0 Å². The SMILES string of the molecule is Cc1sc(/C=C/C(=O)O)nc1-c1ccccn1. The van der Waals surface area contributed by atoms with Crippen LogP contribution in [0.2, 0.25) is 0 Å². The molecule has 1 N–H and O–H groups in total. The molecule has 2 rings (SSSR count). The maximum atomic E-state index is 10.4. The highest BCUT2D eigenvalue weighted by atomic mass is 32.1. The van der Waals surface area contributed by atoms with E-state index in [1.54, 1.807) is 6.20 Å². The predicted molar refractivity (Wildman–Crippen MR) is 66.8 cm³/mol. The number of rotatable bonds is 3. The fraction of sp³-hybridized carbons (Fsp3) is 0.0833. The normalized spacial score (nSPS) is 10.9. The van der Waals surface area contributed by atoms with Gasteiger partial charge in [0.15, 0.2) is 0 Å². The van der Waals surface area contributed by atoms with Crippen molar-refractivity contribution in [2.24, 2.45) is 0 Å². The van der Waals surface area contributed by atoms with E-state index in [9.17, 15) is 4.79 Å². The first kappa shape index (κ1) is 11.5. The highest BCUT2D eigenvalue weighted by Gasteiger charge is 2.08. The van der Waals surface area contributed by atoms with Gasteiger partial charge in [0.25, 0.3) is 0 Å². The van der Waals surface area contributed by atoms with Crippen LogP contribution in [0.4, 0.5) is 0 Å². The Kier molecular flexibility index (Phi) is 3.30. The van der Waals surface area contributed by atoms with E-state index in [0.717, 1.165) is 22.3 Å². The predicted octanol–water partition coefficient (Wildman–Crippen LogP) is 2.61. The summed E-state index contributed by atoms with van der Waals surface area (Å²) in [7, 11) is 0. The number of aryl methyl sites for hydroxylation is 1. The Morgan fingerprint density at radius 2 is 2.29 bits per heavy atom. The van der Waals surface area contributed by atoms with Crippen molar-refractivity contribution in [1.29, 1.82) is 0 Å². The van der Waals surface area contributed by atoms with Gasteiger partial charge in [0.1, 0.15) is 10.7 Å². The molecule has 0 aliphatic carbocycles. The van der Waals surface area contributed by atoms with Crippen molar-refractivity contribution in [3.63, 3.8) is 0 Å². The van der Waals surface area contributed by atoms with Crippen molar-refractivity contribution in [2.45, 2.75) is 6.92 Å². The molecule has 0 aliphatic rings. The van der Waals surface area contributed by atoms with Gasteiger partial charge in [0.05, 0.1) is 5.69 Å². The topological polar surface area (TPSA) is 63.1 Å². The molecule has 17 heavy (non-hydrogen) atoms. The van der Waals surface area contributed by atoms with Crippen LogP contribution in [0.1, 0.15) is 9.88 Å². The summed E-state index contributed by atoms with van der Waals surface area (Å²) in [4.78, 5) is 20.0. The van der Waals surface area contributed by atoms with Crippen LogP contribution in [0, 0.1) is 6.92 Å². The minimum Gasteiger partial charge on any atom is -0.478 e. The zero-order valence-electron chi connectivity index (χ0n) is 9.12. The number of hydrogen-bond donors (Lipinski definition) is 1. The maximum Gasteiger partial charge on any atom is 0.328 e. The van der Waals surface area contributed by atoms with Crippen LogP contribution >= 0.6 is 11.3 Å². The van der Waals surface area contributed by atoms with E-state index in [2.05, 4.69) is 9.97 Å². The third-order valence-electron chi connectivity index (χ3n) is 2.09. The van der Waals surface area contributed by atoms with Crippen molar-refractivity contribution in [3.05, 3.63) is 40.4 Å². The molecule has 0 unspecified atom stereocenters. The Balaban J connectivity index is 2.35. The Labute approximate surface area is 102 Å². The molecule has 0 fully saturated rings. The highest BCUT2D eigenvalue weighted by Crippen LogP contribution is 2.26. The van der Waals surface area contributed by atoms with Crippen LogP contribution in [0.15, 0.2) is 30.5 Å². The van der Waals surface area contributed by atoms with E-state index in [0.29, 0.717) is 5.01 Å². The molecule has 2 aromatic rings. The van der Waals surface area contributed by atoms with Crippen LogP contribution in [0.25, 0.3) is 17.5 Å². The second-order valence-corrected chi connectivity index (χ2v) is 4.58. The van der Waals surface area contributed by atoms with Crippen LogP contribution in [-0.2, 0) is 4.79 Å². The van der Waals surface area contributed by atoms with Crippen molar-refractivity contribution in [3.8, 4) is 11.4 Å². The smallest absolute Gasteiger partial charge is 0.328 e. The second-order valence-electron chi connectivity index (χ2n) is 3.34. The average Bonchev–Trinajstić information content (AvgIpc) is 2.69. The number of thiazole rings is 1. The molecular weight excluding hydrogens is 236 g/mol. The molecule has 0 spiro atoms. The maximum absolute atomic E-state index is 10.4. The number of aromatic nitrogens is 2. The molecular formula is C12H10N2O2S. The average molecular weight is 246 g/mol. The van der Waals surface area contributed by atoms with Crippen molar-refractivity contribution < 1.29 is 9.90 Å². The Morgan fingerprint density at radius 3 is 2.94 bits per heavy atom. The number of carbonyl (C=O) groups is 1. The molecule has 2 aromatic heterocycles. The Bertz CT molecular complexity index is 561. The molecule has 4 nitrogen and oxygen atoms in total. The number of carboxylic acids is 1. The lowest BCUT2D eigenvalue weighted by Gasteiger charge is -1.95. The summed E-state index contributed by atoms with van der Waals surface area (Å²) >= 11 is 1.45. The van der Waals surface area contributed by atoms with Gasteiger partial charge >= 0.3 is 5.97 Å². The molecule has 0 saturated carbocycles. The summed E-state index contributed by atoms with van der Waals surface area (Å²) in [6, 6.07) is 5.62. The minimum atomic E-state index is -0.975. The summed E-state index contributed by atoms with van der Waals surface area (Å²) in [6.45, 7) is 1.94. The minimum absolute atomic E-state index is 0.672. The Morgan fingerprint density at radius 1 is 1.47 bits per heavy atom. The van der Waals surface area contributed by atoms with Gasteiger partial charge in [-0.1, -0.05) is 6.07 Å². The third-order valence-corrected chi connectivity index (χ3v) is 3.03. The number of nitrogens with zero attached hydrogens (tertiary/aromatic N) is 2. The highest BCUT2D eigenvalue weighted by molar-refractivity contribution is 7.12. The van der Waals surface area contributed by atoms with Gasteiger partial charge in [-0.15, -0.1) is 11.3 Å². The summed E-state index contributed by atoms with van der Waals surface area (Å²) in [5.41, 5.74) is 1.61. The molecule has 86 valence electrons. The monoisotopic (exact) mass is 246 g/mol. The van der Waals surface area contributed by atoms with E-state index in [-0.39, 0.29) is 0 Å². The molecule has 0 amide bonds. The standard InChI is InChI=1S/C12H10N2O2S/c1-8-12(9-4-2-3-7-13-9)14-10(17-8)5-6-11(15)16/h2-7H,1H3,(H,15,16)/b6-5+. The lowest BCUT2D eigenvalue weighted by molar-refractivity contribution is -0.131. The van der Waals surface area contributed by atoms with Crippen molar-refractivity contribution >= 4 is 23.4 Å². The molecule has 2 heterocycles. The third kappa shape index (κ3) is 2.76. The van der Waals surface area contributed by atoms with Gasteiger partial charge in [-0.25, -0.2) is 9.78 Å². The first-order chi connectivity index (χ1) is 8.16. The van der Waals surface area contributed by atoms with Gasteiger partial charge in [0, 0.05) is 17.2 Å². The summed E-state index contributed by atoms with van der Waals surface area (Å²) in [5, 5.41) is 9.22. The van der Waals surface area contributed by atoms with Crippen LogP contribution in [0.3, 0.4) is 0 Å². The van der Waals surface area contributed by atoms with Crippen LogP contribution in [0.5, 0.6) is 0 Å². The van der Waals surface area contributed by atoms with Gasteiger partial charge in [-0.05, 0) is 25.1 Å². The quantitative estimate of drug-likeness (QED) is 0.845. The molecule has 0 aromatic carbocycles. The second kappa shape index (κ2) is 4.88. The fourth-order valence-corrected chi connectivity index (χ4v) is 2.20. The molecule has 5 heteroatoms. The first-order valence-electron chi connectivity index (χ1n) is 4.96. The molecule has 0 saturated heterocycles. The fourth-order valence-electron chi connectivity index (χ4n) is 1.37. The number of pyridine rings is 1. The number of hydrogen-bond acceptors (Lipinski definition) is 4. The molecule has 0 aliphatic heterocycles. The van der Waals surface area contributed by atoms with E-state index in [1.807, 2.05) is 25.1 Å². The van der Waals surface area contributed by atoms with Gasteiger partial charge < -0.3 is 5.11 Å². The molecule has 0 radical (unpaired) electrons. The van der Waals surface area contributed by atoms with E-state index >= 15 is 0 Å². The van der Waals surface area contributed by atoms with E-state index in [4.69, 9.17) is 5.11 Å². The summed E-state index contributed by atoms with van der Waals surface area (Å²) < 4.78 is 0. The van der Waals surface area contributed by atoms with E-state index in [1.165, 1.54) is 17.4 Å². The van der Waals surface area contributed by atoms with Gasteiger partial charge in [-0.2, -0.15) is 0 Å². The van der Waals surface area contributed by atoms with Crippen molar-refractivity contribution in [1.82, 2.24) is 9.97 Å². The summed E-state index contributed by atoms with van der Waals surface area (Å²) in [6.07, 6.45) is 4.29. The van der Waals surface area contributed by atoms with Gasteiger partial charge in [0.2, 0.25) is 0 Å². The Hall–Kier alpha value is -2.01. The van der Waals surface area contributed by atoms with Crippen molar-refractivity contribution in [2.75, 3.05) is 0 Å². The molecule has 0 bridgehead atoms. The lowest BCUT2D eigenvalue weighted by atomic mass is 10.2.